The highest BCUT2D eigenvalue weighted by atomic mass is 79.9. The lowest BCUT2D eigenvalue weighted by Crippen LogP contribution is -2.13. The van der Waals surface area contributed by atoms with Crippen LogP contribution in [0.3, 0.4) is 0 Å². The molecule has 6 heteroatoms. The number of ketones is 1. The first-order valence-corrected chi connectivity index (χ1v) is 9.79. The second kappa shape index (κ2) is 9.04. The Labute approximate surface area is 176 Å². The molecule has 0 heterocycles. The normalized spacial score (nSPS) is 10.4. The van der Waals surface area contributed by atoms with Crippen molar-refractivity contribution in [2.45, 2.75) is 6.92 Å². The van der Waals surface area contributed by atoms with Gasteiger partial charge >= 0.3 is 0 Å². The smallest absolute Gasteiger partial charge is 0.255 e. The molecular weight excluding hydrogens is 442 g/mol. The van der Waals surface area contributed by atoms with Crippen LogP contribution >= 0.6 is 27.5 Å². The monoisotopic (exact) mass is 457 g/mol. The van der Waals surface area contributed by atoms with Crippen LogP contribution in [0.15, 0.2) is 71.2 Å². The van der Waals surface area contributed by atoms with Gasteiger partial charge in [-0.25, -0.2) is 0 Å². The highest BCUT2D eigenvalue weighted by Gasteiger charge is 2.17. The predicted octanol–water partition coefficient (Wildman–Crippen LogP) is 5.98. The zero-order chi connectivity index (χ0) is 20.1. The van der Waals surface area contributed by atoms with Crippen LogP contribution in [-0.4, -0.2) is 18.3 Å². The van der Waals surface area contributed by atoms with E-state index in [-0.39, 0.29) is 11.7 Å². The van der Waals surface area contributed by atoms with Gasteiger partial charge in [-0.1, -0.05) is 57.9 Å². The molecule has 0 aliphatic rings. The lowest BCUT2D eigenvalue weighted by atomic mass is 10.0. The topological polar surface area (TPSA) is 55.4 Å². The molecule has 0 atom stereocenters. The largest absolute Gasteiger partial charge is 0.493 e. The molecule has 1 N–H and O–H groups in total. The van der Waals surface area contributed by atoms with Crippen molar-refractivity contribution in [1.29, 1.82) is 0 Å². The molecule has 0 bridgehead atoms. The van der Waals surface area contributed by atoms with E-state index in [2.05, 4.69) is 21.2 Å². The number of rotatable bonds is 6. The Morgan fingerprint density at radius 1 is 1.00 bits per heavy atom. The van der Waals surface area contributed by atoms with Crippen LogP contribution in [0.25, 0.3) is 0 Å². The number of nitrogens with one attached hydrogen (secondary N) is 1. The van der Waals surface area contributed by atoms with Gasteiger partial charge in [-0.2, -0.15) is 0 Å². The van der Waals surface area contributed by atoms with Gasteiger partial charge in [0.05, 0.1) is 12.2 Å². The van der Waals surface area contributed by atoms with Gasteiger partial charge in [0.25, 0.3) is 5.91 Å². The summed E-state index contributed by atoms with van der Waals surface area (Å²) in [4.78, 5) is 25.5. The van der Waals surface area contributed by atoms with Crippen LogP contribution in [-0.2, 0) is 0 Å². The number of anilines is 1. The molecule has 0 unspecified atom stereocenters. The molecule has 0 fully saturated rings. The van der Waals surface area contributed by atoms with Gasteiger partial charge in [-0.05, 0) is 43.3 Å². The van der Waals surface area contributed by atoms with Gasteiger partial charge in [-0.3, -0.25) is 9.59 Å². The molecule has 3 aromatic rings. The van der Waals surface area contributed by atoms with Gasteiger partial charge in [0, 0.05) is 26.3 Å². The number of amides is 1. The van der Waals surface area contributed by atoms with Gasteiger partial charge in [0.15, 0.2) is 5.78 Å². The molecule has 0 aromatic heterocycles. The van der Waals surface area contributed by atoms with Crippen molar-refractivity contribution in [3.63, 3.8) is 0 Å². The second-order valence-electron chi connectivity index (χ2n) is 5.95. The third-order valence-electron chi connectivity index (χ3n) is 3.94. The van der Waals surface area contributed by atoms with E-state index >= 15 is 0 Å². The zero-order valence-corrected chi connectivity index (χ0v) is 17.4. The van der Waals surface area contributed by atoms with Crippen molar-refractivity contribution < 1.29 is 14.3 Å². The number of carbonyl (C=O) groups is 2. The van der Waals surface area contributed by atoms with Gasteiger partial charge in [-0.15, -0.1) is 0 Å². The number of ether oxygens (including phenoxy) is 1. The number of carbonyl (C=O) groups excluding carboxylic acids is 2. The average Bonchev–Trinajstić information content (AvgIpc) is 2.68. The molecule has 1 amide bonds. The van der Waals surface area contributed by atoms with E-state index in [9.17, 15) is 9.59 Å². The maximum absolute atomic E-state index is 12.9. The standard InChI is InChI=1S/C22H17BrClNO3/c1-2-28-20-9-8-18(13-19(20)21(26)14-6-4-3-5-7-14)25-22(27)15-10-16(23)12-17(24)11-15/h3-13H,2H2,1H3,(H,25,27). The Bertz CT molecular complexity index is 1000. The molecule has 4 nitrogen and oxygen atoms in total. The van der Waals surface area contributed by atoms with Crippen molar-refractivity contribution >= 4 is 44.9 Å². The van der Waals surface area contributed by atoms with Crippen molar-refractivity contribution in [1.82, 2.24) is 0 Å². The number of benzene rings is 3. The summed E-state index contributed by atoms with van der Waals surface area (Å²) in [6.45, 7) is 2.28. The van der Waals surface area contributed by atoms with Crippen molar-refractivity contribution in [2.24, 2.45) is 0 Å². The molecule has 28 heavy (non-hydrogen) atoms. The number of hydrogen-bond acceptors (Lipinski definition) is 3. The van der Waals surface area contributed by atoms with Crippen LogP contribution in [0.4, 0.5) is 5.69 Å². The third kappa shape index (κ3) is 4.80. The molecule has 3 rings (SSSR count). The summed E-state index contributed by atoms with van der Waals surface area (Å²) in [5, 5.41) is 3.25. The van der Waals surface area contributed by atoms with Crippen LogP contribution in [0.1, 0.15) is 33.2 Å². The summed E-state index contributed by atoms with van der Waals surface area (Å²) in [5.74, 6) is -0.0315. The summed E-state index contributed by atoms with van der Waals surface area (Å²) in [6.07, 6.45) is 0. The first-order chi connectivity index (χ1) is 13.5. The fourth-order valence-corrected chi connectivity index (χ4v) is 3.56. The zero-order valence-electron chi connectivity index (χ0n) is 15.0. The Balaban J connectivity index is 1.92. The van der Waals surface area contributed by atoms with Crippen molar-refractivity contribution in [3.8, 4) is 5.75 Å². The summed E-state index contributed by atoms with van der Waals surface area (Å²) in [5.41, 5.74) is 1.83. The third-order valence-corrected chi connectivity index (χ3v) is 4.62. The molecule has 0 aliphatic heterocycles. The number of hydrogen-bond donors (Lipinski definition) is 1. The van der Waals surface area contributed by atoms with Gasteiger partial charge in [0.2, 0.25) is 0 Å². The lowest BCUT2D eigenvalue weighted by Gasteiger charge is -2.13. The second-order valence-corrected chi connectivity index (χ2v) is 7.30. The fourth-order valence-electron chi connectivity index (χ4n) is 2.70. The summed E-state index contributed by atoms with van der Waals surface area (Å²) in [6, 6.07) is 18.9. The van der Waals surface area contributed by atoms with E-state index in [1.54, 1.807) is 60.7 Å². The Hall–Kier alpha value is -2.63. The molecule has 142 valence electrons. The van der Waals surface area contributed by atoms with E-state index in [4.69, 9.17) is 16.3 Å². The van der Waals surface area contributed by atoms with Crippen LogP contribution < -0.4 is 10.1 Å². The molecule has 0 spiro atoms. The molecule has 0 radical (unpaired) electrons. The molecule has 0 saturated heterocycles. The molecule has 3 aromatic carbocycles. The quantitative estimate of drug-likeness (QED) is 0.462. The maximum atomic E-state index is 12.9. The number of halogens is 2. The van der Waals surface area contributed by atoms with E-state index < -0.39 is 0 Å². The minimum absolute atomic E-state index is 0.175. The molecule has 0 saturated carbocycles. The highest BCUT2D eigenvalue weighted by Crippen LogP contribution is 2.27. The van der Waals surface area contributed by atoms with Crippen molar-refractivity contribution in [2.75, 3.05) is 11.9 Å². The first kappa shape index (κ1) is 20.1. The van der Waals surface area contributed by atoms with Gasteiger partial charge < -0.3 is 10.1 Å². The summed E-state index contributed by atoms with van der Waals surface area (Å²) >= 11 is 9.34. The minimum atomic E-state index is -0.328. The fraction of sp³-hybridized carbons (Fsp3) is 0.0909. The lowest BCUT2D eigenvalue weighted by molar-refractivity contribution is 0.101. The molecular formula is C22H17BrClNO3. The Morgan fingerprint density at radius 2 is 1.75 bits per heavy atom. The summed E-state index contributed by atoms with van der Waals surface area (Å²) in [7, 11) is 0. The van der Waals surface area contributed by atoms with Gasteiger partial charge in [0.1, 0.15) is 5.75 Å². The SMILES string of the molecule is CCOc1ccc(NC(=O)c2cc(Cl)cc(Br)c2)cc1C(=O)c1ccccc1. The average molecular weight is 459 g/mol. The van der Waals surface area contributed by atoms with Crippen LogP contribution in [0.5, 0.6) is 5.75 Å². The first-order valence-electron chi connectivity index (χ1n) is 8.62. The highest BCUT2D eigenvalue weighted by molar-refractivity contribution is 9.10. The van der Waals surface area contributed by atoms with E-state index in [0.717, 1.165) is 0 Å². The maximum Gasteiger partial charge on any atom is 0.255 e. The van der Waals surface area contributed by atoms with E-state index in [1.165, 1.54) is 0 Å². The summed E-state index contributed by atoms with van der Waals surface area (Å²) < 4.78 is 6.30. The van der Waals surface area contributed by atoms with E-state index in [1.807, 2.05) is 13.0 Å². The molecule has 0 aliphatic carbocycles. The van der Waals surface area contributed by atoms with E-state index in [0.29, 0.717) is 44.2 Å². The predicted molar refractivity (Wildman–Crippen MR) is 115 cm³/mol. The Morgan fingerprint density at radius 3 is 2.43 bits per heavy atom. The van der Waals surface area contributed by atoms with Crippen LogP contribution in [0, 0.1) is 0 Å². The van der Waals surface area contributed by atoms with Crippen LogP contribution in [0.2, 0.25) is 5.02 Å². The van der Waals surface area contributed by atoms with Crippen molar-refractivity contribution in [3.05, 3.63) is 92.9 Å². The Kier molecular flexibility index (Phi) is 6.49. The minimum Gasteiger partial charge on any atom is -0.493 e.